The van der Waals surface area contributed by atoms with Crippen molar-refractivity contribution in [2.24, 2.45) is 0 Å². The van der Waals surface area contributed by atoms with Crippen molar-refractivity contribution in [1.82, 2.24) is 0 Å². The molecule has 0 aliphatic rings. The van der Waals surface area contributed by atoms with Gasteiger partial charge in [-0.2, -0.15) is 0 Å². The minimum absolute atomic E-state index is 0.117. The molecule has 0 unspecified atom stereocenters. The molecule has 0 aromatic rings. The summed E-state index contributed by atoms with van der Waals surface area (Å²) in [7, 11) is 0. The number of allylic oxidation sites excluding steroid dienone is 1. The highest BCUT2D eigenvalue weighted by Gasteiger charge is 1.74. The Kier molecular flexibility index (Phi) is 4.56. The summed E-state index contributed by atoms with van der Waals surface area (Å²) in [5.41, 5.74) is 0. The van der Waals surface area contributed by atoms with Crippen LogP contribution in [0, 0.1) is 0 Å². The smallest absolute Gasteiger partial charge is 0.108 e. The summed E-state index contributed by atoms with van der Waals surface area (Å²) < 4.78 is 0. The maximum absolute atomic E-state index is 8.48. The molecule has 0 fully saturated rings. The third-order valence-corrected chi connectivity index (χ3v) is 1.19. The van der Waals surface area contributed by atoms with Gasteiger partial charge in [0, 0.05) is 0 Å². The second-order valence-corrected chi connectivity index (χ2v) is 2.43. The first-order valence-corrected chi connectivity index (χ1v) is 3.48. The van der Waals surface area contributed by atoms with Crippen molar-refractivity contribution in [2.45, 2.75) is 6.92 Å². The zero-order valence-corrected chi connectivity index (χ0v) is 5.74. The zero-order valence-electron chi connectivity index (χ0n) is 4.92. The normalized spacial score (nSPS) is 10.1. The van der Waals surface area contributed by atoms with Crippen molar-refractivity contribution >= 4 is 11.8 Å². The minimum atomic E-state index is 0.117. The summed E-state index contributed by atoms with van der Waals surface area (Å²) >= 11 is 1.64. The van der Waals surface area contributed by atoms with E-state index >= 15 is 0 Å². The van der Waals surface area contributed by atoms with E-state index in [-0.39, 0.29) is 5.76 Å². The molecule has 2 heteroatoms. The molecule has 0 aromatic carbocycles. The number of hydrogen-bond acceptors (Lipinski definition) is 2. The summed E-state index contributed by atoms with van der Waals surface area (Å²) in [6.45, 7) is 5.33. The van der Waals surface area contributed by atoms with Crippen molar-refractivity contribution in [3.05, 3.63) is 23.8 Å². The first-order valence-electron chi connectivity index (χ1n) is 2.43. The SMILES string of the molecule is C=C(O)C=CSCC. The van der Waals surface area contributed by atoms with Crippen molar-refractivity contribution < 1.29 is 5.11 Å². The molecule has 46 valence electrons. The minimum Gasteiger partial charge on any atom is -0.509 e. The lowest BCUT2D eigenvalue weighted by Crippen LogP contribution is -1.65. The van der Waals surface area contributed by atoms with Crippen LogP contribution in [-0.2, 0) is 0 Å². The van der Waals surface area contributed by atoms with E-state index in [2.05, 4.69) is 13.5 Å². The number of hydrogen-bond donors (Lipinski definition) is 1. The molecular weight excluding hydrogens is 120 g/mol. The standard InChI is InChI=1S/C6H10OS/c1-3-8-5-4-6(2)7/h4-5,7H,2-3H2,1H3. The second kappa shape index (κ2) is 4.78. The third-order valence-electron chi connectivity index (χ3n) is 0.523. The molecule has 0 radical (unpaired) electrons. The van der Waals surface area contributed by atoms with E-state index < -0.39 is 0 Å². The van der Waals surface area contributed by atoms with Gasteiger partial charge in [-0.1, -0.05) is 13.5 Å². The van der Waals surface area contributed by atoms with Crippen LogP contribution >= 0.6 is 11.8 Å². The Hall–Kier alpha value is -0.370. The predicted molar refractivity (Wildman–Crippen MR) is 39.0 cm³/mol. The molecule has 0 bridgehead atoms. The van der Waals surface area contributed by atoms with Crippen molar-refractivity contribution in [3.63, 3.8) is 0 Å². The number of aliphatic hydroxyl groups is 1. The van der Waals surface area contributed by atoms with Gasteiger partial charge in [0.25, 0.3) is 0 Å². The molecule has 0 aromatic heterocycles. The quantitative estimate of drug-likeness (QED) is 0.467. The van der Waals surface area contributed by atoms with E-state index in [0.29, 0.717) is 0 Å². The average Bonchev–Trinajstić information content (AvgIpc) is 1.66. The maximum Gasteiger partial charge on any atom is 0.108 e. The number of aliphatic hydroxyl groups excluding tert-OH is 1. The molecule has 0 saturated carbocycles. The molecule has 0 amide bonds. The average molecular weight is 130 g/mol. The van der Waals surface area contributed by atoms with Crippen LogP contribution in [0.25, 0.3) is 0 Å². The van der Waals surface area contributed by atoms with Crippen LogP contribution < -0.4 is 0 Å². The lowest BCUT2D eigenvalue weighted by Gasteiger charge is -1.83. The summed E-state index contributed by atoms with van der Waals surface area (Å²) in [6, 6.07) is 0. The van der Waals surface area contributed by atoms with Gasteiger partial charge in [-0.15, -0.1) is 11.8 Å². The van der Waals surface area contributed by atoms with Crippen LogP contribution in [-0.4, -0.2) is 10.9 Å². The lowest BCUT2D eigenvalue weighted by atomic mass is 10.6. The molecule has 0 rings (SSSR count). The van der Waals surface area contributed by atoms with Crippen molar-refractivity contribution in [1.29, 1.82) is 0 Å². The van der Waals surface area contributed by atoms with Crippen LogP contribution in [0.15, 0.2) is 23.8 Å². The van der Waals surface area contributed by atoms with Gasteiger partial charge in [0.05, 0.1) is 0 Å². The van der Waals surface area contributed by atoms with Crippen LogP contribution in [0.3, 0.4) is 0 Å². The van der Waals surface area contributed by atoms with Gasteiger partial charge in [-0.3, -0.25) is 0 Å². The number of thioether (sulfide) groups is 1. The van der Waals surface area contributed by atoms with Gasteiger partial charge in [-0.25, -0.2) is 0 Å². The monoisotopic (exact) mass is 130 g/mol. The van der Waals surface area contributed by atoms with E-state index in [1.165, 1.54) is 0 Å². The van der Waals surface area contributed by atoms with E-state index in [4.69, 9.17) is 5.11 Å². The summed E-state index contributed by atoms with van der Waals surface area (Å²) in [5.74, 6) is 1.15. The lowest BCUT2D eigenvalue weighted by molar-refractivity contribution is 0.435. The van der Waals surface area contributed by atoms with Crippen LogP contribution in [0.1, 0.15) is 6.92 Å². The Bertz CT molecular complexity index is 96.7. The molecule has 0 aliphatic carbocycles. The van der Waals surface area contributed by atoms with Crippen molar-refractivity contribution in [3.8, 4) is 0 Å². The van der Waals surface area contributed by atoms with E-state index in [9.17, 15) is 0 Å². The Morgan fingerprint density at radius 1 is 1.88 bits per heavy atom. The summed E-state index contributed by atoms with van der Waals surface area (Å²) in [5, 5.41) is 10.3. The fraction of sp³-hybridized carbons (Fsp3) is 0.333. The van der Waals surface area contributed by atoms with E-state index in [1.807, 2.05) is 5.41 Å². The Balaban J connectivity index is 3.20. The largest absolute Gasteiger partial charge is 0.509 e. The van der Waals surface area contributed by atoms with Crippen molar-refractivity contribution in [2.75, 3.05) is 5.75 Å². The van der Waals surface area contributed by atoms with Crippen LogP contribution in [0.4, 0.5) is 0 Å². The van der Waals surface area contributed by atoms with Gasteiger partial charge >= 0.3 is 0 Å². The zero-order chi connectivity index (χ0) is 6.41. The Labute approximate surface area is 54.1 Å². The second-order valence-electron chi connectivity index (χ2n) is 1.25. The molecule has 1 nitrogen and oxygen atoms in total. The topological polar surface area (TPSA) is 20.2 Å². The molecule has 0 aliphatic heterocycles. The molecule has 0 saturated heterocycles. The van der Waals surface area contributed by atoms with Crippen LogP contribution in [0.2, 0.25) is 0 Å². The highest BCUT2D eigenvalue weighted by atomic mass is 32.2. The molecule has 1 N–H and O–H groups in total. The molecule has 0 atom stereocenters. The summed E-state index contributed by atoms with van der Waals surface area (Å²) in [4.78, 5) is 0. The van der Waals surface area contributed by atoms with Crippen LogP contribution in [0.5, 0.6) is 0 Å². The van der Waals surface area contributed by atoms with Gasteiger partial charge in [-0.05, 0) is 17.2 Å². The van der Waals surface area contributed by atoms with E-state index in [0.717, 1.165) is 5.75 Å². The molecule has 0 heterocycles. The molecule has 0 spiro atoms. The van der Waals surface area contributed by atoms with Gasteiger partial charge < -0.3 is 5.11 Å². The molecular formula is C6H10OS. The summed E-state index contributed by atoms with van der Waals surface area (Å²) in [6.07, 6.45) is 1.58. The highest BCUT2D eigenvalue weighted by molar-refractivity contribution is 8.02. The Morgan fingerprint density at radius 3 is 2.88 bits per heavy atom. The Morgan fingerprint density at radius 2 is 2.50 bits per heavy atom. The highest BCUT2D eigenvalue weighted by Crippen LogP contribution is 2.00. The first-order chi connectivity index (χ1) is 3.77. The maximum atomic E-state index is 8.48. The fourth-order valence-corrected chi connectivity index (χ4v) is 0.669. The van der Waals surface area contributed by atoms with Gasteiger partial charge in [0.1, 0.15) is 5.76 Å². The van der Waals surface area contributed by atoms with E-state index in [1.54, 1.807) is 17.8 Å². The third kappa shape index (κ3) is 5.63. The number of rotatable bonds is 3. The fourth-order valence-electron chi connectivity index (χ4n) is 0.223. The van der Waals surface area contributed by atoms with Gasteiger partial charge in [0.2, 0.25) is 0 Å². The first kappa shape index (κ1) is 7.63. The van der Waals surface area contributed by atoms with Gasteiger partial charge in [0.15, 0.2) is 0 Å². The molecule has 8 heavy (non-hydrogen) atoms. The predicted octanol–water partition coefficient (Wildman–Crippen LogP) is 2.32.